The van der Waals surface area contributed by atoms with Crippen LogP contribution < -0.4 is 11.1 Å². The molecule has 1 saturated carbocycles. The molecule has 0 bridgehead atoms. The van der Waals surface area contributed by atoms with Crippen LogP contribution >= 0.6 is 11.6 Å². The highest BCUT2D eigenvalue weighted by molar-refractivity contribution is 6.30. The first-order valence-electron chi connectivity index (χ1n) is 7.15. The van der Waals surface area contributed by atoms with Crippen LogP contribution in [0.1, 0.15) is 37.7 Å². The first-order chi connectivity index (χ1) is 9.18. The van der Waals surface area contributed by atoms with E-state index >= 15 is 0 Å². The van der Waals surface area contributed by atoms with Gasteiger partial charge >= 0.3 is 0 Å². The topological polar surface area (TPSA) is 38.0 Å². The van der Waals surface area contributed by atoms with E-state index in [1.807, 2.05) is 12.1 Å². The van der Waals surface area contributed by atoms with Crippen molar-refractivity contribution < 1.29 is 0 Å². The van der Waals surface area contributed by atoms with Gasteiger partial charge in [0.05, 0.1) is 5.82 Å². The monoisotopic (exact) mass is 276 g/mol. The second-order valence-electron chi connectivity index (χ2n) is 5.94. The van der Waals surface area contributed by atoms with Crippen molar-refractivity contribution in [1.82, 2.24) is 5.32 Å². The Morgan fingerprint density at radius 2 is 2.00 bits per heavy atom. The number of rotatable bonds is 4. The molecule has 2 nitrogen and oxygen atoms in total. The number of benzene rings is 1. The molecule has 1 fully saturated rings. The number of halogens is 1. The summed E-state index contributed by atoms with van der Waals surface area (Å²) in [5.41, 5.74) is 7.64. The molecule has 2 aliphatic rings. The third-order valence-electron chi connectivity index (χ3n) is 4.74. The van der Waals surface area contributed by atoms with Crippen molar-refractivity contribution in [1.29, 1.82) is 0 Å². The summed E-state index contributed by atoms with van der Waals surface area (Å²) >= 11 is 5.99. The summed E-state index contributed by atoms with van der Waals surface area (Å²) in [4.78, 5) is 0. The van der Waals surface area contributed by atoms with E-state index < -0.39 is 0 Å². The van der Waals surface area contributed by atoms with Crippen LogP contribution in [-0.4, -0.2) is 6.54 Å². The Labute approximate surface area is 120 Å². The number of hydrogen-bond donors (Lipinski definition) is 2. The molecule has 0 radical (unpaired) electrons. The van der Waals surface area contributed by atoms with Crippen LogP contribution in [0.4, 0.5) is 0 Å². The van der Waals surface area contributed by atoms with Crippen LogP contribution in [0.3, 0.4) is 0 Å². The van der Waals surface area contributed by atoms with Crippen molar-refractivity contribution in [2.45, 2.75) is 37.5 Å². The summed E-state index contributed by atoms with van der Waals surface area (Å²) in [5, 5.41) is 4.04. The van der Waals surface area contributed by atoms with Gasteiger partial charge in [-0.25, -0.2) is 0 Å². The lowest BCUT2D eigenvalue weighted by Gasteiger charge is -2.43. The van der Waals surface area contributed by atoms with E-state index in [1.165, 1.54) is 37.7 Å². The molecule has 1 aliphatic heterocycles. The lowest BCUT2D eigenvalue weighted by Crippen LogP contribution is -2.34. The Morgan fingerprint density at radius 1 is 1.26 bits per heavy atom. The zero-order valence-electron chi connectivity index (χ0n) is 11.2. The fourth-order valence-electron chi connectivity index (χ4n) is 3.36. The van der Waals surface area contributed by atoms with E-state index in [9.17, 15) is 0 Å². The smallest absolute Gasteiger partial charge is 0.0922 e. The fraction of sp³-hybridized carbons (Fsp3) is 0.500. The van der Waals surface area contributed by atoms with Crippen molar-refractivity contribution >= 4 is 11.6 Å². The van der Waals surface area contributed by atoms with Gasteiger partial charge in [0.1, 0.15) is 0 Å². The zero-order chi connectivity index (χ0) is 13.3. The molecule has 1 aliphatic carbocycles. The average Bonchev–Trinajstić information content (AvgIpc) is 2.76. The summed E-state index contributed by atoms with van der Waals surface area (Å²) in [7, 11) is 0. The predicted molar refractivity (Wildman–Crippen MR) is 80.0 cm³/mol. The van der Waals surface area contributed by atoms with Crippen molar-refractivity contribution in [3.8, 4) is 0 Å². The van der Waals surface area contributed by atoms with Gasteiger partial charge in [-0.15, -0.1) is 0 Å². The summed E-state index contributed by atoms with van der Waals surface area (Å²) in [6, 6.07) is 8.45. The second-order valence-corrected chi connectivity index (χ2v) is 6.38. The molecule has 0 aromatic heterocycles. The predicted octanol–water partition coefficient (Wildman–Crippen LogP) is 3.56. The van der Waals surface area contributed by atoms with Gasteiger partial charge in [0.2, 0.25) is 0 Å². The van der Waals surface area contributed by atoms with Gasteiger partial charge in [0.25, 0.3) is 0 Å². The molecular formula is C16H21ClN2. The molecule has 0 unspecified atom stereocenters. The van der Waals surface area contributed by atoms with E-state index in [1.54, 1.807) is 0 Å². The van der Waals surface area contributed by atoms with Gasteiger partial charge < -0.3 is 11.1 Å². The van der Waals surface area contributed by atoms with Crippen LogP contribution in [0.15, 0.2) is 36.2 Å². The fourth-order valence-corrected chi connectivity index (χ4v) is 3.48. The minimum atomic E-state index is 0.399. The molecule has 1 aromatic rings. The molecular weight excluding hydrogens is 256 g/mol. The van der Waals surface area contributed by atoms with Gasteiger partial charge in [-0.1, -0.05) is 30.2 Å². The van der Waals surface area contributed by atoms with Crippen molar-refractivity contribution in [2.75, 3.05) is 6.54 Å². The molecule has 0 amide bonds. The van der Waals surface area contributed by atoms with Crippen LogP contribution in [0.25, 0.3) is 0 Å². The quantitative estimate of drug-likeness (QED) is 0.882. The maximum Gasteiger partial charge on any atom is 0.0922 e. The van der Waals surface area contributed by atoms with E-state index in [-0.39, 0.29) is 0 Å². The molecule has 102 valence electrons. The largest absolute Gasteiger partial charge is 0.386 e. The summed E-state index contributed by atoms with van der Waals surface area (Å²) in [5.74, 6) is 1.45. The van der Waals surface area contributed by atoms with Crippen molar-refractivity contribution in [3.05, 3.63) is 46.7 Å². The number of nitrogens with one attached hydrogen (secondary N) is 1. The van der Waals surface area contributed by atoms with Gasteiger partial charge in [-0.3, -0.25) is 0 Å². The third kappa shape index (κ3) is 2.59. The Morgan fingerprint density at radius 3 is 2.53 bits per heavy atom. The highest BCUT2D eigenvalue weighted by Gasteiger charge is 2.38. The van der Waals surface area contributed by atoms with Crippen molar-refractivity contribution in [3.63, 3.8) is 0 Å². The highest BCUT2D eigenvalue weighted by Crippen LogP contribution is 2.48. The maximum atomic E-state index is 5.99. The lowest BCUT2D eigenvalue weighted by atomic mass is 9.61. The number of nitrogens with two attached hydrogens (primary N) is 1. The minimum absolute atomic E-state index is 0.399. The summed E-state index contributed by atoms with van der Waals surface area (Å²) in [6.45, 7) is 1.00. The maximum absolute atomic E-state index is 5.99. The van der Waals surface area contributed by atoms with Gasteiger partial charge in [0.15, 0.2) is 0 Å². The Kier molecular flexibility index (Phi) is 3.44. The van der Waals surface area contributed by atoms with Crippen LogP contribution in [0.2, 0.25) is 5.02 Å². The molecule has 1 aromatic carbocycles. The second kappa shape index (κ2) is 5.09. The molecule has 19 heavy (non-hydrogen) atoms. The minimum Gasteiger partial charge on any atom is -0.386 e. The Balaban J connectivity index is 1.68. The van der Waals surface area contributed by atoms with E-state index in [0.717, 1.165) is 17.4 Å². The molecule has 0 saturated heterocycles. The van der Waals surface area contributed by atoms with Gasteiger partial charge in [0, 0.05) is 11.6 Å². The van der Waals surface area contributed by atoms with Gasteiger partial charge in [-0.05, 0) is 60.8 Å². The average molecular weight is 277 g/mol. The molecule has 3 heteroatoms. The standard InChI is InChI=1S/C16H21ClN2/c17-14-4-2-13(3-5-14)16(7-1-8-16)9-6-12-10-15(18)19-11-12/h2-5,10,12,19H,1,6-9,11,18H2/t12-/m0/s1. The van der Waals surface area contributed by atoms with E-state index in [0.29, 0.717) is 11.3 Å². The third-order valence-corrected chi connectivity index (χ3v) is 5.00. The highest BCUT2D eigenvalue weighted by atomic mass is 35.5. The Hall–Kier alpha value is -1.15. The van der Waals surface area contributed by atoms with Crippen LogP contribution in [0, 0.1) is 5.92 Å². The van der Waals surface area contributed by atoms with Crippen LogP contribution in [-0.2, 0) is 5.41 Å². The first-order valence-corrected chi connectivity index (χ1v) is 7.53. The molecule has 3 rings (SSSR count). The van der Waals surface area contributed by atoms with Gasteiger partial charge in [-0.2, -0.15) is 0 Å². The zero-order valence-corrected chi connectivity index (χ0v) is 11.9. The van der Waals surface area contributed by atoms with Crippen molar-refractivity contribution in [2.24, 2.45) is 11.7 Å². The van der Waals surface area contributed by atoms with E-state index in [2.05, 4.69) is 23.5 Å². The van der Waals surface area contributed by atoms with E-state index in [4.69, 9.17) is 17.3 Å². The molecule has 1 atom stereocenters. The van der Waals surface area contributed by atoms with Crippen LogP contribution in [0.5, 0.6) is 0 Å². The summed E-state index contributed by atoms with van der Waals surface area (Å²) < 4.78 is 0. The Bertz CT molecular complexity index is 474. The molecule has 1 heterocycles. The lowest BCUT2D eigenvalue weighted by molar-refractivity contribution is 0.213. The number of hydrogen-bond acceptors (Lipinski definition) is 2. The SMILES string of the molecule is NC1=C[C@H](CCC2(c3ccc(Cl)cc3)CCC2)CN1. The normalized spacial score (nSPS) is 24.5. The molecule has 3 N–H and O–H groups in total. The molecule has 0 spiro atoms. The summed E-state index contributed by atoms with van der Waals surface area (Å²) in [6.07, 6.45) is 8.63. The first kappa shape index (κ1) is 12.9.